The van der Waals surface area contributed by atoms with E-state index in [0.29, 0.717) is 32.0 Å². The molecule has 0 aliphatic carbocycles. The summed E-state index contributed by atoms with van der Waals surface area (Å²) in [6.07, 6.45) is -2.29. The summed E-state index contributed by atoms with van der Waals surface area (Å²) >= 11 is 0. The molecule has 0 atom stereocenters. The summed E-state index contributed by atoms with van der Waals surface area (Å²) in [5, 5.41) is 7.40. The highest BCUT2D eigenvalue weighted by molar-refractivity contribution is 5.92. The molecule has 3 heterocycles. The fourth-order valence-corrected chi connectivity index (χ4v) is 2.67. The summed E-state index contributed by atoms with van der Waals surface area (Å²) in [5.74, 6) is -0.523. The Morgan fingerprint density at radius 2 is 1.85 bits per heavy atom. The van der Waals surface area contributed by atoms with Gasteiger partial charge in [0.15, 0.2) is 5.69 Å². The van der Waals surface area contributed by atoms with Crippen LogP contribution in [-0.2, 0) is 17.5 Å². The number of halogens is 3. The van der Waals surface area contributed by atoms with Crippen LogP contribution in [0, 0.1) is 0 Å². The number of nitrogens with zero attached hydrogens (tertiary/aromatic N) is 6. The van der Waals surface area contributed by atoms with Gasteiger partial charge in [0.05, 0.1) is 11.8 Å². The SMILES string of the molecule is NC(=O)Cn1cc(C(=O)N2CCN(c3ccc(C(F)(F)F)cn3)CC2)nn1. The van der Waals surface area contributed by atoms with E-state index in [1.165, 1.54) is 16.9 Å². The van der Waals surface area contributed by atoms with Crippen LogP contribution in [0.25, 0.3) is 0 Å². The molecular formula is C15H16F3N7O2. The fourth-order valence-electron chi connectivity index (χ4n) is 2.67. The first-order valence-electron chi connectivity index (χ1n) is 8.00. The quantitative estimate of drug-likeness (QED) is 0.804. The standard InChI is InChI=1S/C15H16F3N7O2/c16-15(17,18)10-1-2-13(20-7-10)23-3-5-24(6-4-23)14(27)11-8-25(22-21-11)9-12(19)26/h1-2,7-8H,3-6,9H2,(H2,19,26). The van der Waals surface area contributed by atoms with Crippen molar-refractivity contribution in [1.82, 2.24) is 24.9 Å². The second kappa shape index (κ2) is 7.21. The molecule has 1 saturated heterocycles. The summed E-state index contributed by atoms with van der Waals surface area (Å²) in [4.78, 5) is 30.5. The van der Waals surface area contributed by atoms with Gasteiger partial charge >= 0.3 is 6.18 Å². The number of rotatable bonds is 4. The molecule has 0 unspecified atom stereocenters. The first kappa shape index (κ1) is 18.6. The second-order valence-electron chi connectivity index (χ2n) is 5.95. The number of carbonyl (C=O) groups excluding carboxylic acids is 2. The Kier molecular flexibility index (Phi) is 4.97. The molecule has 2 aromatic heterocycles. The Morgan fingerprint density at radius 1 is 1.15 bits per heavy atom. The number of carbonyl (C=O) groups is 2. The van der Waals surface area contributed by atoms with Crippen LogP contribution in [0.1, 0.15) is 16.1 Å². The van der Waals surface area contributed by atoms with E-state index in [2.05, 4.69) is 15.3 Å². The van der Waals surface area contributed by atoms with Gasteiger partial charge in [0, 0.05) is 32.4 Å². The topological polar surface area (TPSA) is 110 Å². The van der Waals surface area contributed by atoms with E-state index < -0.39 is 17.6 Å². The summed E-state index contributed by atoms with van der Waals surface area (Å²) in [6, 6.07) is 2.30. The number of alkyl halides is 3. The number of hydrogen-bond donors (Lipinski definition) is 1. The smallest absolute Gasteiger partial charge is 0.368 e. The molecule has 0 saturated carbocycles. The number of primary amides is 1. The maximum atomic E-state index is 12.6. The van der Waals surface area contributed by atoms with Gasteiger partial charge in [-0.15, -0.1) is 5.10 Å². The lowest BCUT2D eigenvalue weighted by atomic mass is 10.2. The van der Waals surface area contributed by atoms with Crippen molar-refractivity contribution >= 4 is 17.6 Å². The largest absolute Gasteiger partial charge is 0.417 e. The summed E-state index contributed by atoms with van der Waals surface area (Å²) in [5.41, 5.74) is 4.35. The van der Waals surface area contributed by atoms with Crippen LogP contribution < -0.4 is 10.6 Å². The summed E-state index contributed by atoms with van der Waals surface area (Å²) in [6.45, 7) is 1.36. The minimum atomic E-state index is -4.43. The number of anilines is 1. The highest BCUT2D eigenvalue weighted by Crippen LogP contribution is 2.29. The lowest BCUT2D eigenvalue weighted by molar-refractivity contribution is -0.137. The molecule has 0 radical (unpaired) electrons. The molecule has 2 aromatic rings. The minimum absolute atomic E-state index is 0.0948. The molecule has 1 aliphatic rings. The van der Waals surface area contributed by atoms with E-state index in [1.54, 1.807) is 9.80 Å². The molecule has 0 aromatic carbocycles. The van der Waals surface area contributed by atoms with Gasteiger partial charge in [0.25, 0.3) is 5.91 Å². The van der Waals surface area contributed by atoms with Crippen LogP contribution in [0.15, 0.2) is 24.5 Å². The predicted octanol–water partition coefficient (Wildman–Crippen LogP) is 0.140. The molecule has 9 nitrogen and oxygen atoms in total. The van der Waals surface area contributed by atoms with Crippen LogP contribution in [-0.4, -0.2) is 62.9 Å². The average molecular weight is 383 g/mol. The fraction of sp³-hybridized carbons (Fsp3) is 0.400. The Balaban J connectivity index is 1.59. The first-order valence-corrected chi connectivity index (χ1v) is 8.00. The zero-order valence-corrected chi connectivity index (χ0v) is 14.1. The maximum absolute atomic E-state index is 12.6. The van der Waals surface area contributed by atoms with Crippen molar-refractivity contribution in [1.29, 1.82) is 0 Å². The molecular weight excluding hydrogens is 367 g/mol. The van der Waals surface area contributed by atoms with Gasteiger partial charge < -0.3 is 15.5 Å². The van der Waals surface area contributed by atoms with Gasteiger partial charge in [-0.05, 0) is 12.1 Å². The number of piperazine rings is 1. The number of nitrogens with two attached hydrogens (primary N) is 1. The van der Waals surface area contributed by atoms with Crippen molar-refractivity contribution in [3.05, 3.63) is 35.8 Å². The van der Waals surface area contributed by atoms with E-state index in [-0.39, 0.29) is 18.1 Å². The number of amides is 2. The van der Waals surface area contributed by atoms with Crippen molar-refractivity contribution in [2.45, 2.75) is 12.7 Å². The molecule has 1 fully saturated rings. The molecule has 27 heavy (non-hydrogen) atoms. The third-order valence-corrected chi connectivity index (χ3v) is 4.04. The molecule has 2 amide bonds. The van der Waals surface area contributed by atoms with Gasteiger partial charge in [0.2, 0.25) is 5.91 Å². The number of hydrogen-bond acceptors (Lipinski definition) is 6. The molecule has 1 aliphatic heterocycles. The lowest BCUT2D eigenvalue weighted by Gasteiger charge is -2.35. The highest BCUT2D eigenvalue weighted by Gasteiger charge is 2.31. The molecule has 0 spiro atoms. The third kappa shape index (κ3) is 4.33. The van der Waals surface area contributed by atoms with Gasteiger partial charge in [-0.25, -0.2) is 9.67 Å². The first-order chi connectivity index (χ1) is 12.7. The highest BCUT2D eigenvalue weighted by atomic mass is 19.4. The number of aromatic nitrogens is 4. The van der Waals surface area contributed by atoms with Crippen LogP contribution in [0.4, 0.5) is 19.0 Å². The number of pyridine rings is 1. The van der Waals surface area contributed by atoms with Gasteiger partial charge in [0.1, 0.15) is 12.4 Å². The maximum Gasteiger partial charge on any atom is 0.417 e. The van der Waals surface area contributed by atoms with Crippen molar-refractivity contribution in [2.75, 3.05) is 31.1 Å². The Morgan fingerprint density at radius 3 is 2.41 bits per heavy atom. The van der Waals surface area contributed by atoms with Crippen molar-refractivity contribution < 1.29 is 22.8 Å². The summed E-state index contributed by atoms with van der Waals surface area (Å²) in [7, 11) is 0. The Labute approximate surface area is 151 Å². The predicted molar refractivity (Wildman–Crippen MR) is 86.6 cm³/mol. The van der Waals surface area contributed by atoms with Crippen molar-refractivity contribution in [3.8, 4) is 0 Å². The van der Waals surface area contributed by atoms with Crippen LogP contribution in [0.3, 0.4) is 0 Å². The second-order valence-corrected chi connectivity index (χ2v) is 5.95. The Hall–Kier alpha value is -3.18. The van der Waals surface area contributed by atoms with Crippen LogP contribution in [0.5, 0.6) is 0 Å². The monoisotopic (exact) mass is 383 g/mol. The van der Waals surface area contributed by atoms with E-state index in [9.17, 15) is 22.8 Å². The van der Waals surface area contributed by atoms with Crippen LogP contribution in [0.2, 0.25) is 0 Å². The average Bonchev–Trinajstić information content (AvgIpc) is 3.08. The summed E-state index contributed by atoms with van der Waals surface area (Å²) < 4.78 is 39.0. The molecule has 0 bridgehead atoms. The van der Waals surface area contributed by atoms with Crippen LogP contribution >= 0.6 is 0 Å². The molecule has 3 rings (SSSR count). The molecule has 12 heteroatoms. The van der Waals surface area contributed by atoms with Gasteiger partial charge in [-0.3, -0.25) is 9.59 Å². The van der Waals surface area contributed by atoms with Gasteiger partial charge in [-0.1, -0.05) is 5.21 Å². The van der Waals surface area contributed by atoms with E-state index in [0.717, 1.165) is 12.3 Å². The van der Waals surface area contributed by atoms with E-state index in [4.69, 9.17) is 5.73 Å². The van der Waals surface area contributed by atoms with Crippen molar-refractivity contribution in [3.63, 3.8) is 0 Å². The third-order valence-electron chi connectivity index (χ3n) is 4.04. The molecule has 144 valence electrons. The van der Waals surface area contributed by atoms with E-state index >= 15 is 0 Å². The van der Waals surface area contributed by atoms with E-state index in [1.807, 2.05) is 0 Å². The normalized spacial score (nSPS) is 15.1. The zero-order chi connectivity index (χ0) is 19.6. The molecule has 2 N–H and O–H groups in total. The lowest BCUT2D eigenvalue weighted by Crippen LogP contribution is -2.49. The van der Waals surface area contributed by atoms with Crippen molar-refractivity contribution in [2.24, 2.45) is 5.73 Å². The Bertz CT molecular complexity index is 827. The minimum Gasteiger partial charge on any atom is -0.368 e. The van der Waals surface area contributed by atoms with Gasteiger partial charge in [-0.2, -0.15) is 13.2 Å². The zero-order valence-electron chi connectivity index (χ0n) is 14.1.